The van der Waals surface area contributed by atoms with Gasteiger partial charge in [-0.1, -0.05) is 20.8 Å². The Morgan fingerprint density at radius 3 is 2.83 bits per heavy atom. The zero-order chi connectivity index (χ0) is 21.2. The van der Waals surface area contributed by atoms with Crippen LogP contribution in [0.1, 0.15) is 38.1 Å². The quantitative estimate of drug-likeness (QED) is 0.525. The van der Waals surface area contributed by atoms with Gasteiger partial charge in [-0.3, -0.25) is 0 Å². The zero-order valence-electron chi connectivity index (χ0n) is 18.3. The SMILES string of the molecule is CCOC(=O)c1cnn2ccc(N3CCO[C@H](CO[Si](C)(C)C(C)(C)C)C3)nc12. The second-order valence-corrected chi connectivity index (χ2v) is 13.7. The second-order valence-electron chi connectivity index (χ2n) is 8.84. The predicted octanol–water partition coefficient (Wildman–Crippen LogP) is 3.13. The molecular weight excluding hydrogens is 388 g/mol. The van der Waals surface area contributed by atoms with Crippen LogP contribution in [0.15, 0.2) is 18.5 Å². The fraction of sp³-hybridized carbons (Fsp3) is 0.650. The molecule has 1 saturated heterocycles. The van der Waals surface area contributed by atoms with Gasteiger partial charge in [0, 0.05) is 19.3 Å². The normalized spacial score (nSPS) is 18.3. The summed E-state index contributed by atoms with van der Waals surface area (Å²) in [6, 6.07) is 1.91. The van der Waals surface area contributed by atoms with Crippen LogP contribution in [-0.2, 0) is 13.9 Å². The highest BCUT2D eigenvalue weighted by Crippen LogP contribution is 2.36. The van der Waals surface area contributed by atoms with E-state index >= 15 is 0 Å². The summed E-state index contributed by atoms with van der Waals surface area (Å²) >= 11 is 0. The van der Waals surface area contributed by atoms with Crippen LogP contribution in [0, 0.1) is 0 Å². The van der Waals surface area contributed by atoms with E-state index in [-0.39, 0.29) is 11.1 Å². The van der Waals surface area contributed by atoms with E-state index in [1.54, 1.807) is 11.4 Å². The summed E-state index contributed by atoms with van der Waals surface area (Å²) in [5, 5.41) is 4.36. The van der Waals surface area contributed by atoms with Crippen molar-refractivity contribution in [2.75, 3.05) is 37.8 Å². The van der Waals surface area contributed by atoms with Crippen LogP contribution in [0.3, 0.4) is 0 Å². The Hall–Kier alpha value is -1.97. The maximum atomic E-state index is 12.2. The van der Waals surface area contributed by atoms with E-state index in [1.807, 2.05) is 12.3 Å². The lowest BCUT2D eigenvalue weighted by atomic mass is 10.2. The van der Waals surface area contributed by atoms with Crippen molar-refractivity contribution in [3.63, 3.8) is 0 Å². The summed E-state index contributed by atoms with van der Waals surface area (Å²) in [7, 11) is -1.82. The lowest BCUT2D eigenvalue weighted by Crippen LogP contribution is -2.48. The van der Waals surface area contributed by atoms with Crippen molar-refractivity contribution < 1.29 is 18.7 Å². The average Bonchev–Trinajstić information content (AvgIpc) is 3.09. The molecule has 3 heterocycles. The van der Waals surface area contributed by atoms with Crippen molar-refractivity contribution in [1.29, 1.82) is 0 Å². The molecule has 0 radical (unpaired) electrons. The maximum Gasteiger partial charge on any atom is 0.343 e. The molecule has 3 rings (SSSR count). The van der Waals surface area contributed by atoms with Gasteiger partial charge >= 0.3 is 5.97 Å². The van der Waals surface area contributed by atoms with E-state index in [1.165, 1.54) is 6.20 Å². The van der Waals surface area contributed by atoms with Crippen molar-refractivity contribution in [2.45, 2.75) is 51.9 Å². The molecule has 0 N–H and O–H groups in total. The highest BCUT2D eigenvalue weighted by atomic mass is 28.4. The molecule has 2 aromatic rings. The van der Waals surface area contributed by atoms with Crippen LogP contribution >= 0.6 is 0 Å². The summed E-state index contributed by atoms with van der Waals surface area (Å²) in [4.78, 5) is 19.0. The van der Waals surface area contributed by atoms with Crippen LogP contribution in [0.5, 0.6) is 0 Å². The molecule has 1 fully saturated rings. The van der Waals surface area contributed by atoms with E-state index < -0.39 is 14.3 Å². The van der Waals surface area contributed by atoms with Gasteiger partial charge in [-0.15, -0.1) is 0 Å². The van der Waals surface area contributed by atoms with Gasteiger partial charge in [0.25, 0.3) is 0 Å². The number of carbonyl (C=O) groups excluding carboxylic acids is 1. The molecule has 0 aromatic carbocycles. The number of rotatable bonds is 6. The van der Waals surface area contributed by atoms with Crippen molar-refractivity contribution in [2.24, 2.45) is 0 Å². The van der Waals surface area contributed by atoms with Crippen LogP contribution in [0.25, 0.3) is 5.65 Å². The number of esters is 1. The number of anilines is 1. The molecule has 0 amide bonds. The van der Waals surface area contributed by atoms with Crippen molar-refractivity contribution in [1.82, 2.24) is 14.6 Å². The summed E-state index contributed by atoms with van der Waals surface area (Å²) in [5.41, 5.74) is 0.876. The zero-order valence-corrected chi connectivity index (χ0v) is 19.3. The fourth-order valence-corrected chi connectivity index (χ4v) is 3.97. The lowest BCUT2D eigenvalue weighted by Gasteiger charge is -2.39. The molecule has 0 spiro atoms. The predicted molar refractivity (Wildman–Crippen MR) is 114 cm³/mol. The molecule has 0 aliphatic carbocycles. The Morgan fingerprint density at radius 1 is 1.38 bits per heavy atom. The van der Waals surface area contributed by atoms with E-state index in [0.29, 0.717) is 37.6 Å². The Kier molecular flexibility index (Phi) is 6.30. The Bertz CT molecular complexity index is 862. The Morgan fingerprint density at radius 2 is 2.14 bits per heavy atom. The first kappa shape index (κ1) is 21.7. The number of aromatic nitrogens is 3. The summed E-state index contributed by atoms with van der Waals surface area (Å²) < 4.78 is 19.0. The molecule has 8 nitrogen and oxygen atoms in total. The molecule has 2 aromatic heterocycles. The minimum atomic E-state index is -1.82. The lowest BCUT2D eigenvalue weighted by molar-refractivity contribution is 0.00667. The number of morpholine rings is 1. The molecule has 1 aliphatic heterocycles. The van der Waals surface area contributed by atoms with Crippen molar-refractivity contribution >= 4 is 25.8 Å². The Balaban J connectivity index is 1.72. The van der Waals surface area contributed by atoms with Gasteiger partial charge in [0.2, 0.25) is 0 Å². The molecule has 1 aliphatic rings. The molecule has 0 unspecified atom stereocenters. The molecule has 0 saturated carbocycles. The van der Waals surface area contributed by atoms with E-state index in [4.69, 9.17) is 13.9 Å². The van der Waals surface area contributed by atoms with Crippen LogP contribution in [0.4, 0.5) is 5.82 Å². The number of hydrogen-bond donors (Lipinski definition) is 0. The molecule has 1 atom stereocenters. The molecule has 160 valence electrons. The largest absolute Gasteiger partial charge is 0.462 e. The van der Waals surface area contributed by atoms with Crippen molar-refractivity contribution in [3.05, 3.63) is 24.0 Å². The number of fused-ring (bicyclic) bond motifs is 1. The first-order chi connectivity index (χ1) is 13.6. The van der Waals surface area contributed by atoms with Gasteiger partial charge in [-0.2, -0.15) is 5.10 Å². The van der Waals surface area contributed by atoms with Crippen LogP contribution in [0.2, 0.25) is 18.1 Å². The number of ether oxygens (including phenoxy) is 2. The first-order valence-electron chi connectivity index (χ1n) is 10.1. The van der Waals surface area contributed by atoms with Gasteiger partial charge in [-0.05, 0) is 31.1 Å². The van der Waals surface area contributed by atoms with Crippen molar-refractivity contribution in [3.8, 4) is 0 Å². The summed E-state index contributed by atoms with van der Waals surface area (Å²) in [6.07, 6.45) is 3.31. The smallest absolute Gasteiger partial charge is 0.343 e. The highest BCUT2D eigenvalue weighted by molar-refractivity contribution is 6.74. The number of carbonyl (C=O) groups is 1. The van der Waals surface area contributed by atoms with E-state index in [0.717, 1.165) is 12.4 Å². The minimum Gasteiger partial charge on any atom is -0.462 e. The highest BCUT2D eigenvalue weighted by Gasteiger charge is 2.38. The van der Waals surface area contributed by atoms with E-state index in [2.05, 4.69) is 48.8 Å². The average molecular weight is 421 g/mol. The molecule has 9 heteroatoms. The van der Waals surface area contributed by atoms with E-state index in [9.17, 15) is 4.79 Å². The first-order valence-corrected chi connectivity index (χ1v) is 13.0. The topological polar surface area (TPSA) is 78.2 Å². The standard InChI is InChI=1S/C20H32N4O4Si/c1-7-26-19(25)16-12-21-24-9-8-17(22-18(16)24)23-10-11-27-15(13-23)14-28-29(5,6)20(2,3)4/h8-9,12,15H,7,10-11,13-14H2,1-6H3/t15-/m0/s1. The fourth-order valence-electron chi connectivity index (χ4n) is 2.93. The number of nitrogens with zero attached hydrogens (tertiary/aromatic N) is 4. The number of hydrogen-bond acceptors (Lipinski definition) is 7. The second kappa shape index (κ2) is 8.41. The summed E-state index contributed by atoms with van der Waals surface area (Å²) in [6.45, 7) is 15.9. The molecular formula is C20H32N4O4Si. The molecule has 0 bridgehead atoms. The molecule has 29 heavy (non-hydrogen) atoms. The van der Waals surface area contributed by atoms with Gasteiger partial charge in [0.1, 0.15) is 11.4 Å². The summed E-state index contributed by atoms with van der Waals surface area (Å²) in [5.74, 6) is 0.388. The van der Waals surface area contributed by atoms with Crippen LogP contribution < -0.4 is 4.90 Å². The minimum absolute atomic E-state index is 0.00895. The monoisotopic (exact) mass is 420 g/mol. The maximum absolute atomic E-state index is 12.2. The third-order valence-corrected chi connectivity index (χ3v) is 10.2. The third kappa shape index (κ3) is 4.79. The van der Waals surface area contributed by atoms with Crippen LogP contribution in [-0.4, -0.2) is 67.9 Å². The third-order valence-electron chi connectivity index (χ3n) is 5.75. The Labute approximate surface area is 173 Å². The van der Waals surface area contributed by atoms with Gasteiger partial charge in [-0.25, -0.2) is 14.3 Å². The van der Waals surface area contributed by atoms with Gasteiger partial charge in [0.15, 0.2) is 14.0 Å². The van der Waals surface area contributed by atoms with Gasteiger partial charge < -0.3 is 18.8 Å². The van der Waals surface area contributed by atoms with Gasteiger partial charge in [0.05, 0.1) is 32.1 Å².